The number of aromatic nitrogens is 1. The van der Waals surface area contributed by atoms with Gasteiger partial charge < -0.3 is 4.42 Å². The van der Waals surface area contributed by atoms with Gasteiger partial charge in [-0.25, -0.2) is 9.37 Å². The van der Waals surface area contributed by atoms with Crippen LogP contribution in [-0.2, 0) is 5.33 Å². The van der Waals surface area contributed by atoms with Crippen molar-refractivity contribution in [1.29, 1.82) is 0 Å². The molecule has 0 aliphatic rings. The van der Waals surface area contributed by atoms with Crippen molar-refractivity contribution < 1.29 is 8.81 Å². The Labute approximate surface area is 99.2 Å². The summed E-state index contributed by atoms with van der Waals surface area (Å²) in [6, 6.07) is 4.16. The smallest absolute Gasteiger partial charge is 0.181 e. The minimum Gasteiger partial charge on any atom is -0.443 e. The predicted molar refractivity (Wildman–Crippen MR) is 59.5 cm³/mol. The second-order valence-corrected chi connectivity index (χ2v) is 3.85. The van der Waals surface area contributed by atoms with E-state index in [9.17, 15) is 4.39 Å². The van der Waals surface area contributed by atoms with Gasteiger partial charge in [0, 0.05) is 10.9 Å². The van der Waals surface area contributed by atoms with Crippen LogP contribution in [0.3, 0.4) is 0 Å². The average molecular weight is 291 g/mol. The van der Waals surface area contributed by atoms with Gasteiger partial charge in [-0.3, -0.25) is 0 Å². The van der Waals surface area contributed by atoms with E-state index in [1.807, 2.05) is 0 Å². The molecule has 0 fully saturated rings. The maximum Gasteiger partial charge on any atom is 0.181 e. The van der Waals surface area contributed by atoms with Crippen molar-refractivity contribution >= 4 is 27.5 Å². The largest absolute Gasteiger partial charge is 0.443 e. The van der Waals surface area contributed by atoms with E-state index in [-0.39, 0.29) is 5.82 Å². The van der Waals surface area contributed by atoms with Crippen molar-refractivity contribution in [3.05, 3.63) is 41.1 Å². The normalized spacial score (nSPS) is 10.6. The van der Waals surface area contributed by atoms with Crippen molar-refractivity contribution in [3.8, 4) is 11.3 Å². The Hall–Kier alpha value is -0.870. The monoisotopic (exact) mass is 289 g/mol. The number of benzene rings is 1. The van der Waals surface area contributed by atoms with Crippen LogP contribution in [0.2, 0.25) is 5.02 Å². The van der Waals surface area contributed by atoms with Crippen LogP contribution in [-0.4, -0.2) is 4.98 Å². The van der Waals surface area contributed by atoms with Gasteiger partial charge in [-0.2, -0.15) is 0 Å². The van der Waals surface area contributed by atoms with Crippen LogP contribution >= 0.6 is 27.5 Å². The van der Waals surface area contributed by atoms with Crippen LogP contribution in [0.25, 0.3) is 11.3 Å². The number of oxazole rings is 1. The zero-order chi connectivity index (χ0) is 10.8. The Morgan fingerprint density at radius 3 is 2.93 bits per heavy atom. The highest BCUT2D eigenvalue weighted by Crippen LogP contribution is 2.31. The number of hydrogen-bond acceptors (Lipinski definition) is 2. The fraction of sp³-hybridized carbons (Fsp3) is 0.100. The predicted octanol–water partition coefficient (Wildman–Crippen LogP) is 4.03. The molecule has 0 spiro atoms. The molecule has 0 aliphatic carbocycles. The summed E-state index contributed by atoms with van der Waals surface area (Å²) in [6.07, 6.45) is 1.34. The maximum atomic E-state index is 12.8. The van der Waals surface area contributed by atoms with Crippen LogP contribution < -0.4 is 0 Å². The lowest BCUT2D eigenvalue weighted by Crippen LogP contribution is -1.85. The second-order valence-electron chi connectivity index (χ2n) is 2.89. The summed E-state index contributed by atoms with van der Waals surface area (Å²) in [6.45, 7) is 0. The Kier molecular flexibility index (Phi) is 3.07. The molecule has 0 saturated carbocycles. The topological polar surface area (TPSA) is 26.0 Å². The number of hydrogen-bond donors (Lipinski definition) is 0. The highest BCUT2D eigenvalue weighted by Gasteiger charge is 2.13. The highest BCUT2D eigenvalue weighted by molar-refractivity contribution is 9.08. The molecule has 2 rings (SSSR count). The van der Waals surface area contributed by atoms with Crippen molar-refractivity contribution in [3.63, 3.8) is 0 Å². The zero-order valence-electron chi connectivity index (χ0n) is 7.51. The van der Waals surface area contributed by atoms with Crippen molar-refractivity contribution in [2.45, 2.75) is 5.33 Å². The van der Waals surface area contributed by atoms with Crippen LogP contribution in [0, 0.1) is 5.82 Å². The quantitative estimate of drug-likeness (QED) is 0.781. The molecular weight excluding hydrogens is 284 g/mol. The van der Waals surface area contributed by atoms with Gasteiger partial charge >= 0.3 is 0 Å². The molecule has 0 atom stereocenters. The lowest BCUT2D eigenvalue weighted by molar-refractivity contribution is 0.571. The first kappa shape index (κ1) is 10.6. The van der Waals surface area contributed by atoms with Crippen molar-refractivity contribution in [2.24, 2.45) is 0 Å². The lowest BCUT2D eigenvalue weighted by Gasteiger charge is -2.01. The molecule has 1 heterocycles. The Balaban J connectivity index is 2.54. The Bertz CT molecular complexity index is 486. The van der Waals surface area contributed by atoms with Gasteiger partial charge in [0.15, 0.2) is 12.2 Å². The molecule has 78 valence electrons. The fourth-order valence-corrected chi connectivity index (χ4v) is 1.91. The first-order valence-electron chi connectivity index (χ1n) is 4.16. The number of alkyl halides is 1. The van der Waals surface area contributed by atoms with Gasteiger partial charge in [-0.05, 0) is 18.2 Å². The third-order valence-corrected chi connectivity index (χ3v) is 2.79. The molecule has 0 amide bonds. The first-order chi connectivity index (χ1) is 7.22. The van der Waals surface area contributed by atoms with Crippen LogP contribution in [0.1, 0.15) is 5.69 Å². The summed E-state index contributed by atoms with van der Waals surface area (Å²) in [5, 5.41) is 0.876. The number of halogens is 3. The summed E-state index contributed by atoms with van der Waals surface area (Å²) in [5.74, 6) is 0.195. The molecule has 0 N–H and O–H groups in total. The second kappa shape index (κ2) is 4.33. The number of nitrogens with zero attached hydrogens (tertiary/aromatic N) is 1. The Morgan fingerprint density at radius 1 is 1.47 bits per heavy atom. The molecule has 0 bridgehead atoms. The summed E-state index contributed by atoms with van der Waals surface area (Å²) >= 11 is 9.19. The van der Waals surface area contributed by atoms with Crippen molar-refractivity contribution in [1.82, 2.24) is 4.98 Å². The molecule has 2 nitrogen and oxygen atoms in total. The van der Waals surface area contributed by atoms with Crippen LogP contribution in [0.4, 0.5) is 4.39 Å². The van der Waals surface area contributed by atoms with E-state index in [4.69, 9.17) is 16.0 Å². The van der Waals surface area contributed by atoms with Gasteiger partial charge in [0.1, 0.15) is 5.82 Å². The average Bonchev–Trinajstić information content (AvgIpc) is 2.65. The summed E-state index contributed by atoms with van der Waals surface area (Å²) in [5.41, 5.74) is 1.38. The molecule has 1 aromatic heterocycles. The molecule has 1 aromatic carbocycles. The van der Waals surface area contributed by atoms with E-state index in [1.54, 1.807) is 6.07 Å². The molecule has 2 aromatic rings. The lowest BCUT2D eigenvalue weighted by atomic mass is 10.1. The molecule has 0 radical (unpaired) electrons. The van der Waals surface area contributed by atoms with E-state index in [0.29, 0.717) is 21.7 Å². The standard InChI is InChI=1S/C10H6BrClFNO/c11-4-9-10(15-5-14-9)7-2-1-6(13)3-8(7)12/h1-3,5H,4H2. The third-order valence-electron chi connectivity index (χ3n) is 1.94. The van der Waals surface area contributed by atoms with Gasteiger partial charge in [0.2, 0.25) is 0 Å². The third kappa shape index (κ3) is 2.06. The zero-order valence-corrected chi connectivity index (χ0v) is 9.85. The first-order valence-corrected chi connectivity index (χ1v) is 5.66. The Morgan fingerprint density at radius 2 is 2.27 bits per heavy atom. The highest BCUT2D eigenvalue weighted by atomic mass is 79.9. The van der Waals surface area contributed by atoms with Gasteiger partial charge in [-0.15, -0.1) is 0 Å². The summed E-state index contributed by atoms with van der Waals surface area (Å²) < 4.78 is 18.0. The fourth-order valence-electron chi connectivity index (χ4n) is 1.26. The van der Waals surface area contributed by atoms with E-state index in [2.05, 4.69) is 20.9 Å². The SMILES string of the molecule is Fc1ccc(-c2ocnc2CBr)c(Cl)c1. The minimum atomic E-state index is -0.372. The minimum absolute atomic E-state index is 0.314. The van der Waals surface area contributed by atoms with E-state index < -0.39 is 0 Å². The molecular formula is C10H6BrClFNO. The van der Waals surface area contributed by atoms with Crippen LogP contribution in [0.5, 0.6) is 0 Å². The summed E-state index contributed by atoms with van der Waals surface area (Å²) in [7, 11) is 0. The summed E-state index contributed by atoms with van der Waals surface area (Å²) in [4.78, 5) is 4.01. The molecule has 0 saturated heterocycles. The van der Waals surface area contributed by atoms with Gasteiger partial charge in [0.25, 0.3) is 0 Å². The van der Waals surface area contributed by atoms with E-state index in [1.165, 1.54) is 18.5 Å². The van der Waals surface area contributed by atoms with Crippen molar-refractivity contribution in [2.75, 3.05) is 0 Å². The molecule has 0 aliphatic heterocycles. The molecule has 15 heavy (non-hydrogen) atoms. The van der Waals surface area contributed by atoms with Gasteiger partial charge in [-0.1, -0.05) is 27.5 Å². The number of rotatable bonds is 2. The molecule has 5 heteroatoms. The van der Waals surface area contributed by atoms with Gasteiger partial charge in [0.05, 0.1) is 10.7 Å². The van der Waals surface area contributed by atoms with Crippen LogP contribution in [0.15, 0.2) is 29.0 Å². The van der Waals surface area contributed by atoms with E-state index in [0.717, 1.165) is 5.69 Å². The molecule has 0 unspecified atom stereocenters. The maximum absolute atomic E-state index is 12.8. The van der Waals surface area contributed by atoms with E-state index >= 15 is 0 Å².